The van der Waals surface area contributed by atoms with Gasteiger partial charge in [-0.1, -0.05) is 18.5 Å². The average Bonchev–Trinajstić information content (AvgIpc) is 2.27. The van der Waals surface area contributed by atoms with Crippen molar-refractivity contribution in [3.63, 3.8) is 0 Å². The third-order valence-corrected chi connectivity index (χ3v) is 2.47. The Kier molecular flexibility index (Phi) is 6.34. The second kappa shape index (κ2) is 7.54. The first-order valence-electron chi connectivity index (χ1n) is 5.93. The van der Waals surface area contributed by atoms with E-state index in [1.54, 1.807) is 6.92 Å². The molecule has 1 aromatic carbocycles. The lowest BCUT2D eigenvalue weighted by Crippen LogP contribution is -2.24. The number of ether oxygens (including phenoxy) is 1. The van der Waals surface area contributed by atoms with Crippen molar-refractivity contribution in [1.29, 1.82) is 0 Å². The molecule has 1 unspecified atom stereocenters. The number of hydrogen-bond acceptors (Lipinski definition) is 3. The minimum absolute atomic E-state index is 0.353. The molecular formula is C13H20ClNO2. The number of aliphatic hydroxyl groups is 1. The van der Waals surface area contributed by atoms with Gasteiger partial charge in [0.2, 0.25) is 0 Å². The van der Waals surface area contributed by atoms with Gasteiger partial charge in [0.05, 0.1) is 12.7 Å². The number of halogens is 1. The Hall–Kier alpha value is -0.770. The molecule has 0 radical (unpaired) electrons. The molecule has 17 heavy (non-hydrogen) atoms. The fraction of sp³-hybridized carbons (Fsp3) is 0.538. The van der Waals surface area contributed by atoms with Gasteiger partial charge in [0, 0.05) is 23.7 Å². The minimum Gasteiger partial charge on any atom is -0.493 e. The molecule has 2 N–H and O–H groups in total. The van der Waals surface area contributed by atoms with Crippen LogP contribution in [0.15, 0.2) is 18.2 Å². The lowest BCUT2D eigenvalue weighted by Gasteiger charge is -2.13. The van der Waals surface area contributed by atoms with E-state index in [-0.39, 0.29) is 6.10 Å². The molecule has 1 aromatic rings. The third-order valence-electron chi connectivity index (χ3n) is 2.24. The monoisotopic (exact) mass is 257 g/mol. The number of hydrogen-bond donors (Lipinski definition) is 2. The lowest BCUT2D eigenvalue weighted by molar-refractivity contribution is 0.190. The first-order valence-corrected chi connectivity index (χ1v) is 6.31. The Morgan fingerprint density at radius 3 is 2.88 bits per heavy atom. The second-order valence-corrected chi connectivity index (χ2v) is 4.52. The highest BCUT2D eigenvalue weighted by molar-refractivity contribution is 6.30. The largest absolute Gasteiger partial charge is 0.493 e. The second-order valence-electron chi connectivity index (χ2n) is 4.08. The van der Waals surface area contributed by atoms with Gasteiger partial charge >= 0.3 is 0 Å². The predicted octanol–water partition coefficient (Wildman–Crippen LogP) is 2.60. The van der Waals surface area contributed by atoms with Crippen molar-refractivity contribution in [3.8, 4) is 5.75 Å². The van der Waals surface area contributed by atoms with E-state index >= 15 is 0 Å². The van der Waals surface area contributed by atoms with Crippen LogP contribution >= 0.6 is 11.6 Å². The summed E-state index contributed by atoms with van der Waals surface area (Å²) in [5.41, 5.74) is 1.02. The summed E-state index contributed by atoms with van der Waals surface area (Å²) in [5.74, 6) is 0.856. The molecule has 0 amide bonds. The van der Waals surface area contributed by atoms with Crippen LogP contribution < -0.4 is 10.1 Å². The Labute approximate surface area is 108 Å². The number of rotatable bonds is 7. The molecule has 0 saturated heterocycles. The van der Waals surface area contributed by atoms with Gasteiger partial charge in [-0.3, -0.25) is 0 Å². The smallest absolute Gasteiger partial charge is 0.123 e. The van der Waals surface area contributed by atoms with Gasteiger partial charge in [-0.2, -0.15) is 0 Å². The molecule has 0 fully saturated rings. The Balaban J connectivity index is 2.62. The van der Waals surface area contributed by atoms with E-state index in [2.05, 4.69) is 12.2 Å². The molecule has 0 aliphatic carbocycles. The highest BCUT2D eigenvalue weighted by Gasteiger charge is 2.05. The van der Waals surface area contributed by atoms with Crippen molar-refractivity contribution in [1.82, 2.24) is 5.32 Å². The summed E-state index contributed by atoms with van der Waals surface area (Å²) in [7, 11) is 0. The van der Waals surface area contributed by atoms with E-state index in [1.165, 1.54) is 0 Å². The maximum absolute atomic E-state index is 9.18. The Bertz CT molecular complexity index is 342. The van der Waals surface area contributed by atoms with Crippen molar-refractivity contribution < 1.29 is 9.84 Å². The zero-order valence-corrected chi connectivity index (χ0v) is 11.1. The third kappa shape index (κ3) is 5.39. The van der Waals surface area contributed by atoms with Crippen LogP contribution in [0, 0.1) is 0 Å². The van der Waals surface area contributed by atoms with Crippen molar-refractivity contribution in [2.24, 2.45) is 0 Å². The normalized spacial score (nSPS) is 12.5. The molecule has 0 bridgehead atoms. The van der Waals surface area contributed by atoms with E-state index in [9.17, 15) is 5.11 Å². The van der Waals surface area contributed by atoms with Crippen molar-refractivity contribution in [2.45, 2.75) is 32.9 Å². The Morgan fingerprint density at radius 1 is 1.47 bits per heavy atom. The molecular weight excluding hydrogens is 238 g/mol. The first-order chi connectivity index (χ1) is 8.13. The van der Waals surface area contributed by atoms with E-state index in [1.807, 2.05) is 18.2 Å². The van der Waals surface area contributed by atoms with Crippen LogP contribution in [0.1, 0.15) is 25.8 Å². The van der Waals surface area contributed by atoms with Crippen LogP contribution in [0.4, 0.5) is 0 Å². The summed E-state index contributed by atoms with van der Waals surface area (Å²) in [6, 6.07) is 5.60. The molecule has 1 atom stereocenters. The van der Waals surface area contributed by atoms with E-state index in [0.717, 1.165) is 17.7 Å². The van der Waals surface area contributed by atoms with Gasteiger partial charge in [-0.15, -0.1) is 0 Å². The summed E-state index contributed by atoms with van der Waals surface area (Å²) in [4.78, 5) is 0. The number of nitrogens with one attached hydrogen (secondary N) is 1. The van der Waals surface area contributed by atoms with E-state index in [4.69, 9.17) is 16.3 Å². The molecule has 0 aliphatic heterocycles. The minimum atomic E-state index is -0.353. The topological polar surface area (TPSA) is 41.5 Å². The SMILES string of the molecule is CCCOc1ccc(Cl)cc1CNCC(C)O. The van der Waals surface area contributed by atoms with Crippen molar-refractivity contribution in [3.05, 3.63) is 28.8 Å². The molecule has 3 nitrogen and oxygen atoms in total. The van der Waals surface area contributed by atoms with Crippen LogP contribution in [0.25, 0.3) is 0 Å². The highest BCUT2D eigenvalue weighted by Crippen LogP contribution is 2.23. The van der Waals surface area contributed by atoms with Gasteiger partial charge in [-0.05, 0) is 31.5 Å². The van der Waals surface area contributed by atoms with Crippen LogP contribution in [0.2, 0.25) is 5.02 Å². The quantitative estimate of drug-likeness (QED) is 0.789. The van der Waals surface area contributed by atoms with Crippen LogP contribution in [0.3, 0.4) is 0 Å². The fourth-order valence-electron chi connectivity index (χ4n) is 1.45. The van der Waals surface area contributed by atoms with E-state index < -0.39 is 0 Å². The zero-order chi connectivity index (χ0) is 12.7. The molecule has 0 spiro atoms. The fourth-order valence-corrected chi connectivity index (χ4v) is 1.65. The molecule has 0 aliphatic rings. The zero-order valence-electron chi connectivity index (χ0n) is 10.4. The molecule has 0 saturated carbocycles. The van der Waals surface area contributed by atoms with Crippen molar-refractivity contribution in [2.75, 3.05) is 13.2 Å². The molecule has 0 heterocycles. The van der Waals surface area contributed by atoms with Crippen LogP contribution in [-0.2, 0) is 6.54 Å². The molecule has 0 aromatic heterocycles. The predicted molar refractivity (Wildman–Crippen MR) is 70.6 cm³/mol. The summed E-state index contributed by atoms with van der Waals surface area (Å²) in [6.45, 7) is 5.72. The standard InChI is InChI=1S/C13H20ClNO2/c1-3-6-17-13-5-4-12(14)7-11(13)9-15-8-10(2)16/h4-5,7,10,15-16H,3,6,8-9H2,1-2H3. The first kappa shape index (κ1) is 14.3. The summed E-state index contributed by atoms with van der Waals surface area (Å²) in [6.07, 6.45) is 0.623. The van der Waals surface area contributed by atoms with Gasteiger partial charge < -0.3 is 15.2 Å². The highest BCUT2D eigenvalue weighted by atomic mass is 35.5. The molecule has 4 heteroatoms. The lowest BCUT2D eigenvalue weighted by atomic mass is 10.2. The Morgan fingerprint density at radius 2 is 2.24 bits per heavy atom. The summed E-state index contributed by atoms with van der Waals surface area (Å²) < 4.78 is 5.64. The maximum Gasteiger partial charge on any atom is 0.123 e. The maximum atomic E-state index is 9.18. The molecule has 1 rings (SSSR count). The van der Waals surface area contributed by atoms with Gasteiger partial charge in [0.25, 0.3) is 0 Å². The molecule has 96 valence electrons. The summed E-state index contributed by atoms with van der Waals surface area (Å²) in [5, 5.41) is 13.0. The van der Waals surface area contributed by atoms with Gasteiger partial charge in [0.15, 0.2) is 0 Å². The van der Waals surface area contributed by atoms with Gasteiger partial charge in [-0.25, -0.2) is 0 Å². The number of benzene rings is 1. The van der Waals surface area contributed by atoms with Gasteiger partial charge in [0.1, 0.15) is 5.75 Å². The number of aliphatic hydroxyl groups excluding tert-OH is 1. The summed E-state index contributed by atoms with van der Waals surface area (Å²) >= 11 is 5.96. The van der Waals surface area contributed by atoms with E-state index in [0.29, 0.717) is 24.7 Å². The van der Waals surface area contributed by atoms with Crippen LogP contribution in [0.5, 0.6) is 5.75 Å². The average molecular weight is 258 g/mol. The van der Waals surface area contributed by atoms with Crippen LogP contribution in [-0.4, -0.2) is 24.4 Å². The van der Waals surface area contributed by atoms with Crippen molar-refractivity contribution >= 4 is 11.6 Å².